The molecule has 0 aliphatic rings. The number of unbranched alkanes of at least 4 members (excludes halogenated alkanes) is 2. The molecule has 1 aromatic rings. The quantitative estimate of drug-likeness (QED) is 0.438. The lowest BCUT2D eigenvalue weighted by atomic mass is 10.1. The average Bonchev–Trinajstić information content (AvgIpc) is 2.43. The molecule has 1 atom stereocenters. The number of quaternary nitrogens is 1. The second kappa shape index (κ2) is 7.77. The minimum Gasteiger partial charge on any atom is -0.724 e. The van der Waals surface area contributed by atoms with E-state index in [1.807, 2.05) is 13.0 Å². The van der Waals surface area contributed by atoms with Gasteiger partial charge in [0.15, 0.2) is 17.0 Å². The van der Waals surface area contributed by atoms with Crippen LogP contribution in [0.1, 0.15) is 45.1 Å². The number of hydrogen-bond donors (Lipinski definition) is 2. The Morgan fingerprint density at radius 1 is 1.10 bits per heavy atom. The molecule has 0 amide bonds. The lowest BCUT2D eigenvalue weighted by Crippen LogP contribution is -2.52. The van der Waals surface area contributed by atoms with E-state index in [2.05, 4.69) is 13.8 Å². The molecule has 0 spiro atoms. The highest BCUT2D eigenvalue weighted by molar-refractivity contribution is 7.78. The van der Waals surface area contributed by atoms with Crippen LogP contribution >= 0.6 is 0 Å². The molecule has 0 bridgehead atoms. The fraction of sp³-hybridized carbons (Fsp3) is 0.600. The Balaban J connectivity index is 3.39. The van der Waals surface area contributed by atoms with Crippen LogP contribution < -0.4 is 15.4 Å². The molecule has 0 fully saturated rings. The van der Waals surface area contributed by atoms with Crippen LogP contribution in [0.5, 0.6) is 0 Å². The molecular formula is C15H27N3O2S. The maximum absolute atomic E-state index is 12.1. The van der Waals surface area contributed by atoms with Crippen LogP contribution in [-0.2, 0) is 11.3 Å². The molecule has 21 heavy (non-hydrogen) atoms. The molecule has 0 saturated carbocycles. The number of nitrogens with two attached hydrogens (primary N) is 2. The zero-order valence-corrected chi connectivity index (χ0v) is 14.0. The van der Waals surface area contributed by atoms with E-state index in [1.165, 1.54) is 0 Å². The molecule has 0 heterocycles. The molecule has 1 unspecified atom stereocenters. The van der Waals surface area contributed by atoms with Gasteiger partial charge in [0, 0.05) is 11.8 Å². The molecule has 0 saturated heterocycles. The summed E-state index contributed by atoms with van der Waals surface area (Å²) in [6.07, 6.45) is 3.55. The van der Waals surface area contributed by atoms with Gasteiger partial charge in [0.05, 0.1) is 18.8 Å². The molecule has 4 N–H and O–H groups in total. The maximum atomic E-state index is 12.1. The van der Waals surface area contributed by atoms with Crippen molar-refractivity contribution in [3.63, 3.8) is 0 Å². The van der Waals surface area contributed by atoms with Crippen molar-refractivity contribution in [2.45, 2.75) is 46.5 Å². The van der Waals surface area contributed by atoms with Crippen molar-refractivity contribution in [1.82, 2.24) is 3.89 Å². The van der Waals surface area contributed by atoms with Crippen LogP contribution in [0.4, 0.5) is 17.1 Å². The number of nitrogens with zero attached hydrogens (tertiary/aromatic N) is 1. The fourth-order valence-electron chi connectivity index (χ4n) is 2.49. The number of rotatable bonds is 8. The Morgan fingerprint density at radius 2 is 1.62 bits per heavy atom. The molecule has 0 aliphatic carbocycles. The van der Waals surface area contributed by atoms with Gasteiger partial charge in [0.1, 0.15) is 0 Å². The predicted molar refractivity (Wildman–Crippen MR) is 90.3 cm³/mol. The van der Waals surface area contributed by atoms with Crippen LogP contribution in [-0.4, -0.2) is 21.9 Å². The summed E-state index contributed by atoms with van der Waals surface area (Å²) in [5.41, 5.74) is 14.5. The predicted octanol–water partition coefficient (Wildman–Crippen LogP) is 2.86. The Hall–Kier alpha value is -1.11. The van der Waals surface area contributed by atoms with Crippen molar-refractivity contribution >= 4 is 28.3 Å². The van der Waals surface area contributed by atoms with E-state index < -0.39 is 11.3 Å². The van der Waals surface area contributed by atoms with Gasteiger partial charge in [0.25, 0.3) is 0 Å². The van der Waals surface area contributed by atoms with Crippen LogP contribution in [0.3, 0.4) is 0 Å². The third-order valence-electron chi connectivity index (χ3n) is 3.89. The van der Waals surface area contributed by atoms with Crippen LogP contribution in [0.15, 0.2) is 12.1 Å². The Labute approximate surface area is 130 Å². The summed E-state index contributed by atoms with van der Waals surface area (Å²) in [7, 11) is 0. The summed E-state index contributed by atoms with van der Waals surface area (Å²) < 4.78 is 24.0. The first-order chi connectivity index (χ1) is 9.89. The highest BCUT2D eigenvalue weighted by Gasteiger charge is 2.34. The van der Waals surface area contributed by atoms with Gasteiger partial charge >= 0.3 is 0 Å². The molecule has 5 nitrogen and oxygen atoms in total. The van der Waals surface area contributed by atoms with Crippen molar-refractivity contribution < 1.29 is 8.76 Å². The van der Waals surface area contributed by atoms with Gasteiger partial charge in [0.2, 0.25) is 0 Å². The number of nitrogen functional groups attached to an aromatic ring is 2. The van der Waals surface area contributed by atoms with Crippen molar-refractivity contribution in [3.05, 3.63) is 17.7 Å². The first kappa shape index (κ1) is 17.9. The highest BCUT2D eigenvalue weighted by atomic mass is 32.2. The molecule has 0 radical (unpaired) electrons. The van der Waals surface area contributed by atoms with E-state index in [1.54, 1.807) is 6.07 Å². The van der Waals surface area contributed by atoms with Gasteiger partial charge < -0.3 is 16.0 Å². The second-order valence-corrected chi connectivity index (χ2v) is 6.66. The average molecular weight is 313 g/mol. The SMILES string of the molecule is CCCC[N+](CCCC)(c1cc(C)c(N)cc1N)S(=O)[O-]. The number of hydrogen-bond acceptors (Lipinski definition) is 4. The minimum absolute atomic E-state index is 0.103. The molecule has 0 aromatic heterocycles. The van der Waals surface area contributed by atoms with Crippen LogP contribution in [0, 0.1) is 6.92 Å². The Morgan fingerprint density at radius 3 is 2.05 bits per heavy atom. The molecule has 6 heteroatoms. The molecule has 0 aliphatic heterocycles. The largest absolute Gasteiger partial charge is 0.724 e. The van der Waals surface area contributed by atoms with Crippen molar-refractivity contribution in [2.24, 2.45) is 0 Å². The zero-order chi connectivity index (χ0) is 16.0. The van der Waals surface area contributed by atoms with Crippen LogP contribution in [0.2, 0.25) is 0 Å². The van der Waals surface area contributed by atoms with Crippen molar-refractivity contribution in [1.29, 1.82) is 0 Å². The molecule has 120 valence electrons. The van der Waals surface area contributed by atoms with Crippen LogP contribution in [0.25, 0.3) is 0 Å². The van der Waals surface area contributed by atoms with E-state index in [0.29, 0.717) is 30.2 Å². The molecular weight excluding hydrogens is 286 g/mol. The second-order valence-electron chi connectivity index (χ2n) is 5.53. The third kappa shape index (κ3) is 3.96. The lowest BCUT2D eigenvalue weighted by molar-refractivity contribution is 0.370. The van der Waals surface area contributed by atoms with E-state index in [0.717, 1.165) is 31.2 Å². The lowest BCUT2D eigenvalue weighted by Gasteiger charge is -2.39. The number of aryl methyl sites for hydroxylation is 1. The standard InChI is InChI=1S/C15H27N3O2S/c1-4-6-8-18(21(19)20,9-7-5-2)15-10-12(3)13(16)11-14(15)17/h10-11H,4-9,16-17H2,1-3H3. The maximum Gasteiger partial charge on any atom is 0.169 e. The minimum atomic E-state index is -2.27. The number of benzene rings is 1. The van der Waals surface area contributed by atoms with Gasteiger partial charge in [-0.05, 0) is 31.4 Å². The van der Waals surface area contributed by atoms with Gasteiger partial charge in [-0.25, -0.2) is 8.10 Å². The molecule has 1 rings (SSSR count). The normalized spacial score (nSPS) is 13.3. The van der Waals surface area contributed by atoms with Crippen molar-refractivity contribution in [3.8, 4) is 0 Å². The van der Waals surface area contributed by atoms with E-state index in [9.17, 15) is 8.76 Å². The summed E-state index contributed by atoms with van der Waals surface area (Å²) in [5, 5.41) is 0. The van der Waals surface area contributed by atoms with Gasteiger partial charge in [-0.15, -0.1) is 0 Å². The van der Waals surface area contributed by atoms with Gasteiger partial charge in [-0.3, -0.25) is 0 Å². The van der Waals surface area contributed by atoms with E-state index in [-0.39, 0.29) is 3.89 Å². The fourth-order valence-corrected chi connectivity index (χ4v) is 3.36. The zero-order valence-electron chi connectivity index (χ0n) is 13.2. The van der Waals surface area contributed by atoms with E-state index in [4.69, 9.17) is 11.5 Å². The smallest absolute Gasteiger partial charge is 0.169 e. The molecule has 1 aromatic carbocycles. The Bertz CT molecular complexity index is 498. The first-order valence-electron chi connectivity index (χ1n) is 7.52. The topological polar surface area (TPSA) is 92.2 Å². The van der Waals surface area contributed by atoms with E-state index >= 15 is 0 Å². The number of anilines is 2. The van der Waals surface area contributed by atoms with Crippen molar-refractivity contribution in [2.75, 3.05) is 24.6 Å². The summed E-state index contributed by atoms with van der Waals surface area (Å²) in [6.45, 7) is 7.07. The highest BCUT2D eigenvalue weighted by Crippen LogP contribution is 2.35. The monoisotopic (exact) mass is 313 g/mol. The summed E-state index contributed by atoms with van der Waals surface area (Å²) >= 11 is -2.27. The first-order valence-corrected chi connectivity index (χ1v) is 8.55. The summed E-state index contributed by atoms with van der Waals surface area (Å²) in [5.74, 6) is 0. The van der Waals surface area contributed by atoms with Gasteiger partial charge in [-0.1, -0.05) is 26.7 Å². The summed E-state index contributed by atoms with van der Waals surface area (Å²) in [6, 6.07) is 3.49. The summed E-state index contributed by atoms with van der Waals surface area (Å²) in [4.78, 5) is 0. The Kier molecular flexibility index (Phi) is 6.64. The third-order valence-corrected chi connectivity index (χ3v) is 5.02. The van der Waals surface area contributed by atoms with Gasteiger partial charge in [-0.2, -0.15) is 0 Å².